The second kappa shape index (κ2) is 6.83. The Morgan fingerprint density at radius 3 is 2.00 bits per heavy atom. The van der Waals surface area contributed by atoms with Crippen molar-refractivity contribution in [2.45, 2.75) is 24.7 Å². The molecule has 0 saturated heterocycles. The molecule has 1 atom stereocenters. The highest BCUT2D eigenvalue weighted by Crippen LogP contribution is 2.40. The van der Waals surface area contributed by atoms with Crippen molar-refractivity contribution in [2.75, 3.05) is 0 Å². The lowest BCUT2D eigenvalue weighted by Crippen LogP contribution is -2.43. The molecule has 0 fully saturated rings. The summed E-state index contributed by atoms with van der Waals surface area (Å²) in [7, 11) is 0. The molecule has 0 spiro atoms. The Morgan fingerprint density at radius 2 is 1.48 bits per heavy atom. The third kappa shape index (κ3) is 4.10. The van der Waals surface area contributed by atoms with Crippen LogP contribution in [0.4, 0.5) is 13.2 Å². The molecule has 0 aromatic heterocycles. The number of hydrogen-bond acceptors (Lipinski definition) is 2. The molecule has 3 nitrogen and oxygen atoms in total. The molecular formula is C17H16F3NO2. The van der Waals surface area contributed by atoms with Crippen LogP contribution in [0.1, 0.15) is 17.5 Å². The standard InChI is InChI=1S/C17H16F3NO2/c18-17(19,20)16(22,15-9-5-2-6-10-15)11-12-21(23)13-14-7-3-1-4-8-14/h1-10,12,22H,11,13H2/b21-12-. The summed E-state index contributed by atoms with van der Waals surface area (Å²) >= 11 is 0. The highest BCUT2D eigenvalue weighted by atomic mass is 19.4. The lowest BCUT2D eigenvalue weighted by Gasteiger charge is -2.29. The maximum atomic E-state index is 13.3. The van der Waals surface area contributed by atoms with Crippen LogP contribution in [-0.4, -0.2) is 22.2 Å². The average molecular weight is 323 g/mol. The normalized spacial score (nSPS) is 15.2. The van der Waals surface area contributed by atoms with Gasteiger partial charge in [0.1, 0.15) is 0 Å². The van der Waals surface area contributed by atoms with Crippen LogP contribution in [-0.2, 0) is 12.1 Å². The van der Waals surface area contributed by atoms with Crippen molar-refractivity contribution < 1.29 is 23.0 Å². The number of hydroxylamine groups is 1. The molecule has 1 unspecified atom stereocenters. The minimum atomic E-state index is -4.89. The summed E-state index contributed by atoms with van der Waals surface area (Å²) in [6.45, 7) is -0.0798. The number of benzene rings is 2. The van der Waals surface area contributed by atoms with Gasteiger partial charge in [-0.2, -0.15) is 13.2 Å². The van der Waals surface area contributed by atoms with Gasteiger partial charge in [0, 0.05) is 5.56 Å². The Balaban J connectivity index is 2.21. The van der Waals surface area contributed by atoms with Crippen molar-refractivity contribution in [3.63, 3.8) is 0 Å². The summed E-state index contributed by atoms with van der Waals surface area (Å²) in [6.07, 6.45) is -4.91. The molecule has 1 N–H and O–H groups in total. The SMILES string of the molecule is [O-]/[N+](=C\CC(O)(c1ccccc1)C(F)(F)F)Cc1ccccc1. The zero-order valence-electron chi connectivity index (χ0n) is 12.2. The zero-order valence-corrected chi connectivity index (χ0v) is 12.2. The highest BCUT2D eigenvalue weighted by Gasteiger charge is 2.55. The van der Waals surface area contributed by atoms with E-state index in [1.807, 2.05) is 0 Å². The maximum Gasteiger partial charge on any atom is 0.421 e. The van der Waals surface area contributed by atoms with Crippen LogP contribution >= 0.6 is 0 Å². The van der Waals surface area contributed by atoms with Gasteiger partial charge in [0.25, 0.3) is 0 Å². The van der Waals surface area contributed by atoms with Gasteiger partial charge in [-0.1, -0.05) is 60.7 Å². The van der Waals surface area contributed by atoms with E-state index in [2.05, 4.69) is 0 Å². The van der Waals surface area contributed by atoms with Crippen LogP contribution in [0.15, 0.2) is 60.7 Å². The largest absolute Gasteiger partial charge is 0.624 e. The van der Waals surface area contributed by atoms with Gasteiger partial charge in [-0.05, 0) is 5.56 Å². The molecule has 2 rings (SSSR count). The summed E-state index contributed by atoms with van der Waals surface area (Å²) < 4.78 is 40.2. The Labute approximate surface area is 131 Å². The first-order valence-electron chi connectivity index (χ1n) is 6.98. The van der Waals surface area contributed by atoms with Crippen molar-refractivity contribution in [3.05, 3.63) is 77.0 Å². The fourth-order valence-corrected chi connectivity index (χ4v) is 2.17. The first kappa shape index (κ1) is 17.0. The molecule has 0 aliphatic heterocycles. The van der Waals surface area contributed by atoms with Gasteiger partial charge < -0.3 is 10.3 Å². The molecule has 2 aromatic rings. The van der Waals surface area contributed by atoms with E-state index in [1.165, 1.54) is 24.3 Å². The summed E-state index contributed by atoms with van der Waals surface area (Å²) in [5.74, 6) is 0. The number of aliphatic hydroxyl groups is 1. The van der Waals surface area contributed by atoms with Crippen molar-refractivity contribution >= 4 is 6.21 Å². The lowest BCUT2D eigenvalue weighted by molar-refractivity contribution is -0.472. The van der Waals surface area contributed by atoms with Crippen LogP contribution in [0.2, 0.25) is 0 Å². The Hall–Kier alpha value is -2.34. The average Bonchev–Trinajstić information content (AvgIpc) is 2.53. The molecule has 0 saturated carbocycles. The fourth-order valence-electron chi connectivity index (χ4n) is 2.17. The first-order valence-corrected chi connectivity index (χ1v) is 6.98. The third-order valence-electron chi connectivity index (χ3n) is 3.49. The lowest BCUT2D eigenvalue weighted by atomic mass is 9.90. The molecule has 122 valence electrons. The summed E-state index contributed by atoms with van der Waals surface area (Å²) in [6, 6.07) is 15.4. The van der Waals surface area contributed by atoms with E-state index >= 15 is 0 Å². The van der Waals surface area contributed by atoms with E-state index in [0.29, 0.717) is 10.3 Å². The third-order valence-corrected chi connectivity index (χ3v) is 3.49. The molecule has 2 aromatic carbocycles. The highest BCUT2D eigenvalue weighted by molar-refractivity contribution is 5.55. The van der Waals surface area contributed by atoms with Gasteiger partial charge in [-0.15, -0.1) is 0 Å². The fraction of sp³-hybridized carbons (Fsp3) is 0.235. The molecule has 0 aliphatic carbocycles. The van der Waals surface area contributed by atoms with Crippen LogP contribution in [0.3, 0.4) is 0 Å². The maximum absolute atomic E-state index is 13.3. The van der Waals surface area contributed by atoms with E-state index in [-0.39, 0.29) is 12.1 Å². The number of rotatable bonds is 5. The topological polar surface area (TPSA) is 46.3 Å². The van der Waals surface area contributed by atoms with E-state index in [0.717, 1.165) is 6.21 Å². The van der Waals surface area contributed by atoms with Gasteiger partial charge in [0.15, 0.2) is 18.4 Å². The number of halogens is 3. The van der Waals surface area contributed by atoms with Gasteiger partial charge >= 0.3 is 6.18 Å². The van der Waals surface area contributed by atoms with Crippen molar-refractivity contribution in [3.8, 4) is 0 Å². The minimum absolute atomic E-state index is 0.0798. The molecule has 6 heteroatoms. The monoisotopic (exact) mass is 323 g/mol. The Morgan fingerprint density at radius 1 is 0.957 bits per heavy atom. The van der Waals surface area contributed by atoms with E-state index < -0.39 is 18.2 Å². The van der Waals surface area contributed by atoms with Crippen molar-refractivity contribution in [1.82, 2.24) is 0 Å². The van der Waals surface area contributed by atoms with E-state index in [4.69, 9.17) is 0 Å². The molecule has 0 aliphatic rings. The molecule has 0 amide bonds. The predicted molar refractivity (Wildman–Crippen MR) is 80.8 cm³/mol. The van der Waals surface area contributed by atoms with Crippen molar-refractivity contribution in [1.29, 1.82) is 0 Å². The number of hydrogen-bond donors (Lipinski definition) is 1. The van der Waals surface area contributed by atoms with Crippen LogP contribution in [0.5, 0.6) is 0 Å². The Bertz CT molecular complexity index is 657. The quantitative estimate of drug-likeness (QED) is 0.395. The van der Waals surface area contributed by atoms with Gasteiger partial charge in [0.05, 0.1) is 6.42 Å². The molecular weight excluding hydrogens is 307 g/mol. The summed E-state index contributed by atoms with van der Waals surface area (Å²) in [4.78, 5) is 0. The zero-order chi connectivity index (χ0) is 16.9. The molecule has 23 heavy (non-hydrogen) atoms. The second-order valence-electron chi connectivity index (χ2n) is 5.17. The smallest absolute Gasteiger partial charge is 0.421 e. The van der Waals surface area contributed by atoms with Crippen LogP contribution in [0, 0.1) is 5.21 Å². The van der Waals surface area contributed by atoms with E-state index in [9.17, 15) is 23.5 Å². The number of nitrogens with zero attached hydrogens (tertiary/aromatic N) is 1. The van der Waals surface area contributed by atoms with Gasteiger partial charge in [-0.3, -0.25) is 0 Å². The van der Waals surface area contributed by atoms with Crippen LogP contribution < -0.4 is 0 Å². The molecule has 0 bridgehead atoms. The van der Waals surface area contributed by atoms with Crippen LogP contribution in [0.25, 0.3) is 0 Å². The summed E-state index contributed by atoms with van der Waals surface area (Å²) in [5, 5.41) is 21.9. The van der Waals surface area contributed by atoms with Gasteiger partial charge in [-0.25, -0.2) is 4.74 Å². The Kier molecular flexibility index (Phi) is 5.05. The summed E-state index contributed by atoms with van der Waals surface area (Å²) in [5.41, 5.74) is -2.71. The molecule has 0 radical (unpaired) electrons. The van der Waals surface area contributed by atoms with Gasteiger partial charge in [0.2, 0.25) is 0 Å². The molecule has 0 heterocycles. The first-order chi connectivity index (χ1) is 10.8. The number of alkyl halides is 3. The predicted octanol–water partition coefficient (Wildman–Crippen LogP) is 3.61. The minimum Gasteiger partial charge on any atom is -0.624 e. The second-order valence-corrected chi connectivity index (χ2v) is 5.17. The van der Waals surface area contributed by atoms with Crippen molar-refractivity contribution in [2.24, 2.45) is 0 Å². The van der Waals surface area contributed by atoms with E-state index in [1.54, 1.807) is 36.4 Å².